The van der Waals surface area contributed by atoms with E-state index >= 15 is 0 Å². The highest BCUT2D eigenvalue weighted by atomic mass is 16.2. The predicted octanol–water partition coefficient (Wildman–Crippen LogP) is 4.98. The van der Waals surface area contributed by atoms with E-state index in [-0.39, 0.29) is 11.3 Å². The topological polar surface area (TPSA) is 120 Å². The summed E-state index contributed by atoms with van der Waals surface area (Å²) in [5.74, 6) is 1.50. The summed E-state index contributed by atoms with van der Waals surface area (Å²) >= 11 is 0. The van der Waals surface area contributed by atoms with Crippen LogP contribution in [0.3, 0.4) is 0 Å². The molecule has 6 rings (SSSR count). The molecule has 10 nitrogen and oxygen atoms in total. The minimum atomic E-state index is -0.291. The second kappa shape index (κ2) is 8.80. The average molecular weight is 520 g/mol. The van der Waals surface area contributed by atoms with Gasteiger partial charge in [0.1, 0.15) is 40.0 Å². The van der Waals surface area contributed by atoms with Crippen molar-refractivity contribution in [1.82, 2.24) is 33.5 Å². The van der Waals surface area contributed by atoms with Crippen molar-refractivity contribution < 1.29 is 4.79 Å². The van der Waals surface area contributed by atoms with Crippen molar-refractivity contribution in [2.75, 3.05) is 11.1 Å². The predicted molar refractivity (Wildman–Crippen MR) is 151 cm³/mol. The minimum absolute atomic E-state index is 0.191. The van der Waals surface area contributed by atoms with E-state index in [1.807, 2.05) is 73.1 Å². The Morgan fingerprint density at radius 3 is 2.49 bits per heavy atom. The smallest absolute Gasteiger partial charge is 0.275 e. The third-order valence-corrected chi connectivity index (χ3v) is 6.78. The van der Waals surface area contributed by atoms with Gasteiger partial charge in [0, 0.05) is 35.6 Å². The number of benzene rings is 1. The average Bonchev–Trinajstić information content (AvgIpc) is 3.60. The van der Waals surface area contributed by atoms with E-state index < -0.39 is 0 Å². The summed E-state index contributed by atoms with van der Waals surface area (Å²) < 4.78 is 5.43. The summed E-state index contributed by atoms with van der Waals surface area (Å²) in [6.45, 7) is 10.2. The number of hydrogen-bond acceptors (Lipinski definition) is 6. The van der Waals surface area contributed by atoms with Crippen molar-refractivity contribution in [1.29, 1.82) is 0 Å². The molecular weight excluding hydrogens is 490 g/mol. The van der Waals surface area contributed by atoms with Gasteiger partial charge in [0.15, 0.2) is 0 Å². The van der Waals surface area contributed by atoms with E-state index in [2.05, 4.69) is 36.1 Å². The number of pyridine rings is 1. The van der Waals surface area contributed by atoms with Gasteiger partial charge >= 0.3 is 0 Å². The molecule has 196 valence electrons. The van der Waals surface area contributed by atoms with Crippen LogP contribution >= 0.6 is 0 Å². The van der Waals surface area contributed by atoms with Crippen LogP contribution in [0.2, 0.25) is 0 Å². The third kappa shape index (κ3) is 4.19. The molecule has 0 aliphatic heterocycles. The molecule has 1 aromatic carbocycles. The summed E-state index contributed by atoms with van der Waals surface area (Å²) in [6, 6.07) is 13.7. The van der Waals surface area contributed by atoms with E-state index in [4.69, 9.17) is 15.8 Å². The number of fused-ring (bicyclic) bond motifs is 2. The maximum Gasteiger partial charge on any atom is 0.275 e. The molecule has 1 amide bonds. The van der Waals surface area contributed by atoms with Crippen LogP contribution in [0.5, 0.6) is 0 Å². The Hall–Kier alpha value is -4.99. The number of imidazole rings is 2. The molecule has 6 aromatic rings. The molecule has 0 fully saturated rings. The van der Waals surface area contributed by atoms with Crippen LogP contribution in [-0.2, 0) is 5.41 Å². The number of anilines is 2. The van der Waals surface area contributed by atoms with Crippen LogP contribution in [0.25, 0.3) is 28.1 Å². The molecule has 0 unspecified atom stereocenters. The first-order valence-electron chi connectivity index (χ1n) is 12.7. The molecule has 39 heavy (non-hydrogen) atoms. The first kappa shape index (κ1) is 24.4. The van der Waals surface area contributed by atoms with Crippen molar-refractivity contribution >= 4 is 28.7 Å². The quantitative estimate of drug-likeness (QED) is 0.339. The summed E-state index contributed by atoms with van der Waals surface area (Å²) in [5.41, 5.74) is 12.2. The van der Waals surface area contributed by atoms with Crippen LogP contribution in [0.1, 0.15) is 48.3 Å². The van der Waals surface area contributed by atoms with Gasteiger partial charge in [-0.2, -0.15) is 5.10 Å². The van der Waals surface area contributed by atoms with Crippen molar-refractivity contribution in [2.45, 2.75) is 40.0 Å². The number of nitrogens with one attached hydrogen (secondary N) is 1. The Morgan fingerprint density at radius 2 is 1.74 bits per heavy atom. The zero-order chi connectivity index (χ0) is 27.5. The molecule has 0 atom stereocenters. The van der Waals surface area contributed by atoms with Crippen LogP contribution in [0, 0.1) is 13.8 Å². The molecule has 0 spiro atoms. The molecule has 0 aliphatic carbocycles. The van der Waals surface area contributed by atoms with Crippen LogP contribution in [0.15, 0.2) is 67.3 Å². The maximum atomic E-state index is 13.5. The number of rotatable bonds is 4. The van der Waals surface area contributed by atoms with Crippen molar-refractivity contribution in [3.63, 3.8) is 0 Å². The van der Waals surface area contributed by atoms with Crippen LogP contribution < -0.4 is 11.1 Å². The molecule has 0 radical (unpaired) electrons. The van der Waals surface area contributed by atoms with Gasteiger partial charge in [-0.1, -0.05) is 38.5 Å². The van der Waals surface area contributed by atoms with Crippen molar-refractivity contribution in [3.8, 4) is 16.9 Å². The summed E-state index contributed by atoms with van der Waals surface area (Å²) in [4.78, 5) is 27.0. The SMILES string of the molecule is Cc1ccc(-n2nc(C(C)(C)C)cc2NC(=O)c2cnc3cc(-c4nc(C)n5ccnc(N)c45)ccn23)cc1. The fourth-order valence-corrected chi connectivity index (χ4v) is 4.61. The van der Waals surface area contributed by atoms with Gasteiger partial charge in [-0.05, 0) is 38.1 Å². The molecule has 3 N–H and O–H groups in total. The third-order valence-electron chi connectivity index (χ3n) is 6.78. The number of nitrogens with zero attached hydrogens (tertiary/aromatic N) is 7. The van der Waals surface area contributed by atoms with Gasteiger partial charge in [-0.15, -0.1) is 0 Å². The van der Waals surface area contributed by atoms with Gasteiger partial charge in [-0.25, -0.2) is 19.6 Å². The Kier molecular flexibility index (Phi) is 5.49. The lowest BCUT2D eigenvalue weighted by molar-refractivity contribution is 0.102. The molecule has 5 aromatic heterocycles. The second-order valence-corrected chi connectivity index (χ2v) is 10.7. The number of carbonyl (C=O) groups is 1. The highest BCUT2D eigenvalue weighted by Crippen LogP contribution is 2.30. The van der Waals surface area contributed by atoms with Gasteiger partial charge in [0.25, 0.3) is 5.91 Å². The molecule has 10 heteroatoms. The standard InChI is InChI=1S/C29H29N9O/c1-17-6-8-20(9-7-17)38-24(15-22(35-38)29(3,4)5)34-28(39)21-16-32-23-14-19(10-12-37(21)23)25-26-27(30)31-11-13-36(26)18(2)33-25/h6-16H,1-5H3,(H2,30,31)(H,34,39). The largest absolute Gasteiger partial charge is 0.382 e. The van der Waals surface area contributed by atoms with Crippen LogP contribution in [-0.4, -0.2) is 39.4 Å². The lowest BCUT2D eigenvalue weighted by Crippen LogP contribution is -2.17. The van der Waals surface area contributed by atoms with Gasteiger partial charge in [0.2, 0.25) is 0 Å². The Morgan fingerprint density at radius 1 is 0.974 bits per heavy atom. The highest BCUT2D eigenvalue weighted by Gasteiger charge is 2.23. The number of amides is 1. The fraction of sp³-hybridized carbons (Fsp3) is 0.207. The fourth-order valence-electron chi connectivity index (χ4n) is 4.61. The molecule has 0 saturated carbocycles. The Labute approximate surface area is 225 Å². The molecule has 0 bridgehead atoms. The summed E-state index contributed by atoms with van der Waals surface area (Å²) in [7, 11) is 0. The van der Waals surface area contributed by atoms with Gasteiger partial charge in [-0.3, -0.25) is 13.6 Å². The molecule has 0 aliphatic rings. The van der Waals surface area contributed by atoms with Crippen molar-refractivity contribution in [2.24, 2.45) is 0 Å². The van der Waals surface area contributed by atoms with E-state index in [1.165, 1.54) is 0 Å². The lowest BCUT2D eigenvalue weighted by Gasteiger charge is -2.14. The Balaban J connectivity index is 1.36. The zero-order valence-electron chi connectivity index (χ0n) is 22.5. The molecule has 0 saturated heterocycles. The maximum absolute atomic E-state index is 13.5. The van der Waals surface area contributed by atoms with Gasteiger partial charge in [0.05, 0.1) is 17.6 Å². The highest BCUT2D eigenvalue weighted by molar-refractivity contribution is 6.03. The number of hydrogen-bond donors (Lipinski definition) is 2. The van der Waals surface area contributed by atoms with E-state index in [0.717, 1.165) is 33.8 Å². The van der Waals surface area contributed by atoms with E-state index in [1.54, 1.807) is 21.5 Å². The monoisotopic (exact) mass is 519 g/mol. The second-order valence-electron chi connectivity index (χ2n) is 10.7. The Bertz CT molecular complexity index is 1870. The lowest BCUT2D eigenvalue weighted by atomic mass is 9.92. The zero-order valence-corrected chi connectivity index (χ0v) is 22.5. The minimum Gasteiger partial charge on any atom is -0.382 e. The number of aromatic nitrogens is 7. The normalized spacial score (nSPS) is 11.9. The summed E-state index contributed by atoms with van der Waals surface area (Å²) in [6.07, 6.45) is 6.87. The summed E-state index contributed by atoms with van der Waals surface area (Å²) in [5, 5.41) is 7.86. The van der Waals surface area contributed by atoms with E-state index in [9.17, 15) is 4.79 Å². The number of nitrogen functional groups attached to an aromatic ring is 1. The number of nitrogens with two attached hydrogens (primary N) is 1. The first-order valence-corrected chi connectivity index (χ1v) is 12.7. The number of aryl methyl sites for hydroxylation is 2. The molecule has 5 heterocycles. The van der Waals surface area contributed by atoms with Gasteiger partial charge < -0.3 is 11.1 Å². The first-order chi connectivity index (χ1) is 18.6. The van der Waals surface area contributed by atoms with Crippen molar-refractivity contribution in [3.05, 3.63) is 90.0 Å². The van der Waals surface area contributed by atoms with E-state index in [0.29, 0.717) is 28.7 Å². The number of carbonyl (C=O) groups excluding carboxylic acids is 1. The molecular formula is C29H29N9O. The van der Waals surface area contributed by atoms with Crippen LogP contribution in [0.4, 0.5) is 11.6 Å².